The molecule has 1 aliphatic rings. The lowest BCUT2D eigenvalue weighted by molar-refractivity contribution is 0.317. The van der Waals surface area contributed by atoms with Crippen LogP contribution in [-0.4, -0.2) is 15.5 Å². The maximum Gasteiger partial charge on any atom is 0.0906 e. The van der Waals surface area contributed by atoms with Crippen molar-refractivity contribution in [3.8, 4) is 0 Å². The van der Waals surface area contributed by atoms with Gasteiger partial charge >= 0.3 is 0 Å². The van der Waals surface area contributed by atoms with Crippen molar-refractivity contribution in [2.75, 3.05) is 0 Å². The van der Waals surface area contributed by atoms with Crippen LogP contribution in [0.3, 0.4) is 0 Å². The summed E-state index contributed by atoms with van der Waals surface area (Å²) in [6.45, 7) is 0.875. The van der Waals surface area contributed by atoms with Gasteiger partial charge in [0, 0.05) is 34.8 Å². The van der Waals surface area contributed by atoms with Crippen LogP contribution in [0.15, 0.2) is 47.6 Å². The summed E-state index contributed by atoms with van der Waals surface area (Å²) in [5.74, 6) is 0. The number of aryl methyl sites for hydroxylation is 1. The molecule has 3 heteroatoms. The molecule has 0 saturated heterocycles. The molecule has 4 rings (SSSR count). The van der Waals surface area contributed by atoms with E-state index in [9.17, 15) is 0 Å². The molecular weight excluding hydrogens is 224 g/mol. The fraction of sp³-hybridized carbons (Fsp3) is 0.133. The monoisotopic (exact) mass is 236 g/mol. The highest BCUT2D eigenvalue weighted by Gasteiger charge is 2.21. The summed E-state index contributed by atoms with van der Waals surface area (Å²) >= 11 is 0. The Bertz CT molecular complexity index is 799. The van der Waals surface area contributed by atoms with Crippen LogP contribution < -0.4 is 0 Å². The molecule has 0 atom stereocenters. The van der Waals surface area contributed by atoms with E-state index in [-0.39, 0.29) is 0 Å². The number of rotatable bonds is 0. The maximum atomic E-state index is 9.12. The van der Waals surface area contributed by atoms with Gasteiger partial charge in [-0.1, -0.05) is 41.6 Å². The van der Waals surface area contributed by atoms with E-state index >= 15 is 0 Å². The highest BCUT2D eigenvalue weighted by molar-refractivity contribution is 6.18. The summed E-state index contributed by atoms with van der Waals surface area (Å²) in [4.78, 5) is 0. The number of hydrogen-bond acceptors (Lipinski definition) is 2. The zero-order chi connectivity index (χ0) is 12.1. The summed E-state index contributed by atoms with van der Waals surface area (Å²) in [5.41, 5.74) is 4.29. The third kappa shape index (κ3) is 1.06. The smallest absolute Gasteiger partial charge is 0.0906 e. The molecule has 88 valence electrons. The van der Waals surface area contributed by atoms with Gasteiger partial charge in [-0.3, -0.25) is 0 Å². The third-order valence-electron chi connectivity index (χ3n) is 3.79. The van der Waals surface area contributed by atoms with Gasteiger partial charge in [-0.05, 0) is 6.07 Å². The van der Waals surface area contributed by atoms with Gasteiger partial charge in [0.2, 0.25) is 0 Å². The lowest BCUT2D eigenvalue weighted by atomic mass is 10.0. The molecule has 1 aromatic heterocycles. The first-order chi connectivity index (χ1) is 8.90. The van der Waals surface area contributed by atoms with Crippen molar-refractivity contribution in [1.29, 1.82) is 0 Å². The van der Waals surface area contributed by atoms with Gasteiger partial charge in [-0.2, -0.15) is 0 Å². The van der Waals surface area contributed by atoms with E-state index < -0.39 is 0 Å². The van der Waals surface area contributed by atoms with Crippen molar-refractivity contribution in [3.63, 3.8) is 0 Å². The molecule has 0 aliphatic carbocycles. The van der Waals surface area contributed by atoms with Crippen LogP contribution in [0.1, 0.15) is 12.0 Å². The normalized spacial score (nSPS) is 16.8. The molecule has 0 bridgehead atoms. The highest BCUT2D eigenvalue weighted by Crippen LogP contribution is 2.34. The molecule has 0 spiro atoms. The second kappa shape index (κ2) is 3.35. The minimum atomic E-state index is 0.779. The SMILES string of the molecule is O/N=C1\CCn2c3ccccc3c3cccc1c32. The Labute approximate surface area is 104 Å². The highest BCUT2D eigenvalue weighted by atomic mass is 16.4. The summed E-state index contributed by atoms with van der Waals surface area (Å²) in [6, 6.07) is 14.6. The number of oxime groups is 1. The van der Waals surface area contributed by atoms with Crippen LogP contribution in [0.5, 0.6) is 0 Å². The summed E-state index contributed by atoms with van der Waals surface area (Å²) in [5, 5.41) is 15.1. The molecule has 0 radical (unpaired) electrons. The Balaban J connectivity index is 2.29. The van der Waals surface area contributed by atoms with E-state index in [1.807, 2.05) is 12.1 Å². The van der Waals surface area contributed by atoms with E-state index in [1.165, 1.54) is 21.8 Å². The summed E-state index contributed by atoms with van der Waals surface area (Å²) in [7, 11) is 0. The fourth-order valence-corrected chi connectivity index (χ4v) is 3.03. The van der Waals surface area contributed by atoms with E-state index in [0.717, 1.165) is 24.2 Å². The molecule has 18 heavy (non-hydrogen) atoms. The third-order valence-corrected chi connectivity index (χ3v) is 3.79. The van der Waals surface area contributed by atoms with Crippen molar-refractivity contribution in [3.05, 3.63) is 48.0 Å². The zero-order valence-electron chi connectivity index (χ0n) is 9.80. The number of benzene rings is 2. The molecular formula is C15H12N2O. The average molecular weight is 236 g/mol. The predicted octanol–water partition coefficient (Wildman–Crippen LogP) is 3.38. The lowest BCUT2D eigenvalue weighted by Gasteiger charge is -2.17. The minimum Gasteiger partial charge on any atom is -0.411 e. The van der Waals surface area contributed by atoms with E-state index in [2.05, 4.69) is 40.1 Å². The van der Waals surface area contributed by atoms with Crippen LogP contribution in [0.4, 0.5) is 0 Å². The Morgan fingerprint density at radius 3 is 2.72 bits per heavy atom. The van der Waals surface area contributed by atoms with Crippen molar-refractivity contribution < 1.29 is 5.21 Å². The lowest BCUT2D eigenvalue weighted by Crippen LogP contribution is -2.14. The van der Waals surface area contributed by atoms with E-state index in [4.69, 9.17) is 5.21 Å². The van der Waals surface area contributed by atoms with Crippen molar-refractivity contribution in [2.24, 2.45) is 5.16 Å². The second-order valence-corrected chi connectivity index (χ2v) is 4.67. The van der Waals surface area contributed by atoms with Crippen LogP contribution >= 0.6 is 0 Å². The van der Waals surface area contributed by atoms with Crippen LogP contribution in [0.2, 0.25) is 0 Å². The first kappa shape index (κ1) is 9.71. The van der Waals surface area contributed by atoms with Crippen molar-refractivity contribution in [2.45, 2.75) is 13.0 Å². The first-order valence-corrected chi connectivity index (χ1v) is 6.11. The molecule has 1 N–H and O–H groups in total. The largest absolute Gasteiger partial charge is 0.411 e. The summed E-state index contributed by atoms with van der Waals surface area (Å²) in [6.07, 6.45) is 0.779. The molecule has 0 amide bonds. The molecule has 2 aromatic carbocycles. The van der Waals surface area contributed by atoms with Gasteiger partial charge < -0.3 is 9.77 Å². The van der Waals surface area contributed by atoms with Crippen LogP contribution in [-0.2, 0) is 6.54 Å². The number of nitrogens with zero attached hydrogens (tertiary/aromatic N) is 2. The molecule has 0 unspecified atom stereocenters. The zero-order valence-corrected chi connectivity index (χ0v) is 9.80. The van der Waals surface area contributed by atoms with Gasteiger partial charge in [0.05, 0.1) is 11.2 Å². The first-order valence-electron chi connectivity index (χ1n) is 6.11. The van der Waals surface area contributed by atoms with Gasteiger partial charge in [0.25, 0.3) is 0 Å². The van der Waals surface area contributed by atoms with Crippen molar-refractivity contribution in [1.82, 2.24) is 4.57 Å². The van der Waals surface area contributed by atoms with Gasteiger partial charge in [0.1, 0.15) is 0 Å². The van der Waals surface area contributed by atoms with Crippen LogP contribution in [0, 0.1) is 0 Å². The van der Waals surface area contributed by atoms with Gasteiger partial charge in [0.15, 0.2) is 0 Å². The molecule has 2 heterocycles. The number of hydrogen-bond donors (Lipinski definition) is 1. The molecule has 1 aliphatic heterocycles. The summed E-state index contributed by atoms with van der Waals surface area (Å²) < 4.78 is 2.33. The second-order valence-electron chi connectivity index (χ2n) is 4.67. The molecule has 3 aromatic rings. The fourth-order valence-electron chi connectivity index (χ4n) is 3.03. The average Bonchev–Trinajstić information content (AvgIpc) is 2.77. The Morgan fingerprint density at radius 2 is 1.83 bits per heavy atom. The topological polar surface area (TPSA) is 37.5 Å². The number of para-hydroxylation sites is 2. The predicted molar refractivity (Wildman–Crippen MR) is 72.4 cm³/mol. The van der Waals surface area contributed by atoms with E-state index in [1.54, 1.807) is 0 Å². The van der Waals surface area contributed by atoms with Crippen LogP contribution in [0.25, 0.3) is 21.8 Å². The van der Waals surface area contributed by atoms with Crippen molar-refractivity contribution >= 4 is 27.5 Å². The molecule has 3 nitrogen and oxygen atoms in total. The Morgan fingerprint density at radius 1 is 1.00 bits per heavy atom. The maximum absolute atomic E-state index is 9.12. The Kier molecular flexibility index (Phi) is 1.81. The van der Waals surface area contributed by atoms with Gasteiger partial charge in [-0.15, -0.1) is 0 Å². The number of aromatic nitrogens is 1. The quantitative estimate of drug-likeness (QED) is 0.471. The van der Waals surface area contributed by atoms with Gasteiger partial charge in [-0.25, -0.2) is 0 Å². The standard InChI is InChI=1S/C15H12N2O/c18-16-13-8-9-17-14-7-2-1-4-10(14)11-5-3-6-12(13)15(11)17/h1-7,18H,8-9H2/b16-13+. The molecule has 0 saturated carbocycles. The number of fused-ring (bicyclic) bond motifs is 3. The van der Waals surface area contributed by atoms with E-state index in [0.29, 0.717) is 0 Å². The Hall–Kier alpha value is -2.29. The minimum absolute atomic E-state index is 0.779. The molecule has 0 fully saturated rings.